The number of benzene rings is 2. The molecule has 2 saturated heterocycles. The van der Waals surface area contributed by atoms with Crippen LogP contribution in [0.3, 0.4) is 0 Å². The molecule has 16 heteroatoms. The monoisotopic (exact) mass is 862 g/mol. The van der Waals surface area contributed by atoms with Crippen LogP contribution in [0.25, 0.3) is 0 Å². The van der Waals surface area contributed by atoms with Gasteiger partial charge in [-0.25, -0.2) is 4.79 Å². The number of carbonyl (C=O) groups excluding carboxylic acids is 7. The van der Waals surface area contributed by atoms with Crippen molar-refractivity contribution in [1.29, 1.82) is 0 Å². The van der Waals surface area contributed by atoms with Crippen molar-refractivity contribution in [2.75, 3.05) is 13.1 Å². The number of hydrogen-bond acceptors (Lipinski definition) is 11. The highest BCUT2D eigenvalue weighted by Gasteiger charge is 2.40. The molecule has 1 unspecified atom stereocenters. The molecule has 0 spiro atoms. The van der Waals surface area contributed by atoms with Gasteiger partial charge in [0.1, 0.15) is 41.8 Å². The number of unbranched alkanes of at least 4 members (excludes halogenated alkanes) is 2. The zero-order chi connectivity index (χ0) is 45.5. The van der Waals surface area contributed by atoms with E-state index in [4.69, 9.17) is 10.5 Å². The van der Waals surface area contributed by atoms with E-state index in [2.05, 4.69) is 35.1 Å². The summed E-state index contributed by atoms with van der Waals surface area (Å²) in [5.74, 6) is -5.75. The summed E-state index contributed by atoms with van der Waals surface area (Å²) in [6.45, 7) is 9.24. The lowest BCUT2D eigenvalue weighted by Gasteiger charge is -2.29. The van der Waals surface area contributed by atoms with E-state index >= 15 is 0 Å². The van der Waals surface area contributed by atoms with Gasteiger partial charge >= 0.3 is 5.97 Å². The number of ether oxygens (including phenoxy) is 1. The van der Waals surface area contributed by atoms with Crippen molar-refractivity contribution in [3.63, 3.8) is 0 Å². The molecule has 4 rings (SSSR count). The fourth-order valence-corrected chi connectivity index (χ4v) is 7.95. The number of nitrogens with zero attached hydrogens (tertiary/aromatic N) is 1. The van der Waals surface area contributed by atoms with Crippen molar-refractivity contribution in [1.82, 2.24) is 26.2 Å². The van der Waals surface area contributed by atoms with E-state index in [0.29, 0.717) is 30.7 Å². The first kappa shape index (κ1) is 49.3. The van der Waals surface area contributed by atoms with Crippen molar-refractivity contribution in [3.05, 3.63) is 65.7 Å². The number of phenolic OH excluding ortho intramolecular Hbond substituents is 1. The summed E-state index contributed by atoms with van der Waals surface area (Å²) in [6.07, 6.45) is 1.39. The van der Waals surface area contributed by atoms with Gasteiger partial charge in [-0.3, -0.25) is 33.7 Å². The predicted octanol–water partition coefficient (Wildman–Crippen LogP) is 2.21. The lowest BCUT2D eigenvalue weighted by atomic mass is 9.90. The summed E-state index contributed by atoms with van der Waals surface area (Å²) in [6, 6.07) is 9.17. The third-order valence-corrected chi connectivity index (χ3v) is 11.5. The molecule has 2 aromatic rings. The van der Waals surface area contributed by atoms with Crippen LogP contribution in [-0.4, -0.2) is 112 Å². The zero-order valence-corrected chi connectivity index (χ0v) is 36.6. The lowest BCUT2D eigenvalue weighted by molar-refractivity contribution is -0.155. The number of nitrogens with two attached hydrogens (primary N) is 1. The standard InChI is InChI=1S/C46H66N6O10/c1-27(2)12-8-6-11-15-35-23-39(55)32(20-30-13-9-7-10-14-30)25-52-26-34(54)22-38(52)44(59)48-29(5)42(57)51-41(28(3)4)45(60)49-36(24-40(47)56)43(58)50-37(46(61)62-35)21-31-16-18-33(53)19-17-31/h7,9-10,13-14,16-19,27-29,32,34-38,41,53-54H,6,8,11-12,15,20-26H2,1-5H3,(H2,47,56)(H,48,59)(H,49,60)(H,50,58)(H,51,57)/t29-,32-,34-,35?,36-,37+,38+,41+/m1/s1. The number of esters is 1. The number of ketones is 1. The molecule has 340 valence electrons. The van der Waals surface area contributed by atoms with Crippen molar-refractivity contribution in [2.45, 2.75) is 141 Å². The van der Waals surface area contributed by atoms with Gasteiger partial charge in [0.25, 0.3) is 0 Å². The molecule has 0 aliphatic carbocycles. The average molecular weight is 863 g/mol. The highest BCUT2D eigenvalue weighted by molar-refractivity contribution is 5.97. The second kappa shape index (κ2) is 23.8. The first-order valence-electron chi connectivity index (χ1n) is 21.9. The number of carbonyl (C=O) groups is 7. The Labute approximate surface area is 364 Å². The number of aliphatic hydroxyl groups excluding tert-OH is 1. The molecule has 2 aliphatic heterocycles. The summed E-state index contributed by atoms with van der Waals surface area (Å²) in [5, 5.41) is 31.3. The van der Waals surface area contributed by atoms with Gasteiger partial charge in [-0.2, -0.15) is 0 Å². The summed E-state index contributed by atoms with van der Waals surface area (Å²) >= 11 is 0. The van der Waals surface area contributed by atoms with E-state index in [0.717, 1.165) is 24.8 Å². The van der Waals surface area contributed by atoms with Gasteiger partial charge in [0, 0.05) is 31.8 Å². The first-order valence-corrected chi connectivity index (χ1v) is 21.9. The van der Waals surface area contributed by atoms with E-state index in [1.54, 1.807) is 30.9 Å². The number of fused-ring (bicyclic) bond motifs is 1. The van der Waals surface area contributed by atoms with Gasteiger partial charge < -0.3 is 42.0 Å². The van der Waals surface area contributed by atoms with E-state index in [1.165, 1.54) is 19.1 Å². The topological polar surface area (TPSA) is 247 Å². The minimum absolute atomic E-state index is 0.0197. The van der Waals surface area contributed by atoms with Crippen molar-refractivity contribution in [3.8, 4) is 5.75 Å². The van der Waals surface area contributed by atoms with Crippen LogP contribution in [0.2, 0.25) is 0 Å². The number of rotatable bonds is 13. The molecule has 0 saturated carbocycles. The first-order chi connectivity index (χ1) is 29.4. The summed E-state index contributed by atoms with van der Waals surface area (Å²) < 4.78 is 6.16. The normalized spacial score (nSPS) is 26.5. The third-order valence-electron chi connectivity index (χ3n) is 11.5. The Bertz CT molecular complexity index is 1840. The molecule has 5 amide bonds. The van der Waals surface area contributed by atoms with Crippen LogP contribution in [0, 0.1) is 17.8 Å². The summed E-state index contributed by atoms with van der Waals surface area (Å²) in [5.41, 5.74) is 6.93. The number of phenols is 1. The lowest BCUT2D eigenvalue weighted by Crippen LogP contribution is -2.60. The SMILES string of the molecule is CC(C)CCCCCC1CC(=O)[C@H](Cc2ccccc2)CN2C[C@H](O)C[C@H]2C(=O)N[C@H](C)C(=O)N[C@@H](C(C)C)C(=O)N[C@H](CC(N)=O)C(=O)N[C@@H](Cc2ccc(O)cc2)C(=O)O1. The Morgan fingerprint density at radius 2 is 1.45 bits per heavy atom. The number of aromatic hydroxyl groups is 1. The molecular formula is C46H66N6O10. The van der Waals surface area contributed by atoms with Crippen LogP contribution in [0.5, 0.6) is 5.75 Å². The van der Waals surface area contributed by atoms with Crippen LogP contribution in [0.15, 0.2) is 54.6 Å². The highest BCUT2D eigenvalue weighted by Crippen LogP contribution is 2.25. The Hall–Kier alpha value is -5.35. The van der Waals surface area contributed by atoms with E-state index < -0.39 is 96.2 Å². The largest absolute Gasteiger partial charge is 0.508 e. The van der Waals surface area contributed by atoms with Gasteiger partial charge in [0.05, 0.1) is 18.6 Å². The number of nitrogens with one attached hydrogen (secondary N) is 4. The van der Waals surface area contributed by atoms with Crippen LogP contribution in [-0.2, 0) is 51.1 Å². The molecule has 16 nitrogen and oxygen atoms in total. The van der Waals surface area contributed by atoms with E-state index in [1.807, 2.05) is 30.3 Å². The summed E-state index contributed by atoms with van der Waals surface area (Å²) in [7, 11) is 0. The van der Waals surface area contributed by atoms with Crippen LogP contribution in [0.1, 0.15) is 97.1 Å². The second-order valence-corrected chi connectivity index (χ2v) is 17.6. The molecule has 2 aliphatic rings. The smallest absolute Gasteiger partial charge is 0.329 e. The minimum atomic E-state index is -1.57. The number of primary amides is 1. The summed E-state index contributed by atoms with van der Waals surface area (Å²) in [4.78, 5) is 98.1. The third kappa shape index (κ3) is 15.5. The number of Topliss-reactive ketones (excluding diaryl/α,β-unsaturated/α-hetero) is 1. The average Bonchev–Trinajstić information content (AvgIpc) is 3.58. The number of aliphatic hydroxyl groups is 1. The highest BCUT2D eigenvalue weighted by atomic mass is 16.5. The zero-order valence-electron chi connectivity index (χ0n) is 36.6. The van der Waals surface area contributed by atoms with Gasteiger partial charge in [-0.1, -0.05) is 89.4 Å². The molecule has 0 radical (unpaired) electrons. The van der Waals surface area contributed by atoms with Crippen LogP contribution in [0.4, 0.5) is 0 Å². The molecular weight excluding hydrogens is 797 g/mol. The number of hydrogen-bond donors (Lipinski definition) is 7. The van der Waals surface area contributed by atoms with Gasteiger partial charge in [-0.15, -0.1) is 0 Å². The molecule has 2 heterocycles. The molecule has 0 bridgehead atoms. The second-order valence-electron chi connectivity index (χ2n) is 17.6. The van der Waals surface area contributed by atoms with Crippen LogP contribution < -0.4 is 27.0 Å². The fraction of sp³-hybridized carbons (Fsp3) is 0.587. The minimum Gasteiger partial charge on any atom is -0.508 e. The number of amides is 5. The Balaban J connectivity index is 1.77. The Morgan fingerprint density at radius 3 is 2.10 bits per heavy atom. The van der Waals surface area contributed by atoms with Gasteiger partial charge in [-0.05, 0) is 67.7 Å². The maximum atomic E-state index is 14.6. The van der Waals surface area contributed by atoms with Crippen molar-refractivity contribution in [2.24, 2.45) is 23.5 Å². The van der Waals surface area contributed by atoms with Gasteiger partial charge in [0.2, 0.25) is 29.5 Å². The Morgan fingerprint density at radius 1 is 0.790 bits per heavy atom. The molecule has 2 aromatic carbocycles. The van der Waals surface area contributed by atoms with E-state index in [9.17, 15) is 43.8 Å². The van der Waals surface area contributed by atoms with Gasteiger partial charge in [0.15, 0.2) is 0 Å². The van der Waals surface area contributed by atoms with Crippen molar-refractivity contribution < 1.29 is 48.5 Å². The number of cyclic esters (lactones) is 1. The maximum Gasteiger partial charge on any atom is 0.329 e. The molecule has 62 heavy (non-hydrogen) atoms. The maximum absolute atomic E-state index is 14.6. The van der Waals surface area contributed by atoms with E-state index in [-0.39, 0.29) is 43.9 Å². The molecule has 8 atom stereocenters. The molecule has 2 fully saturated rings. The molecule has 8 N–H and O–H groups in total. The predicted molar refractivity (Wildman–Crippen MR) is 231 cm³/mol. The fourth-order valence-electron chi connectivity index (χ4n) is 7.95. The van der Waals surface area contributed by atoms with Crippen molar-refractivity contribution >= 4 is 41.3 Å². The quantitative estimate of drug-likeness (QED) is 0.114. The Kier molecular flexibility index (Phi) is 18.9. The molecule has 0 aromatic heterocycles. The van der Waals surface area contributed by atoms with Crippen LogP contribution >= 0.6 is 0 Å².